The molecular weight excluding hydrogens is 266 g/mol. The van der Waals surface area contributed by atoms with Crippen LogP contribution < -0.4 is 11.1 Å². The predicted octanol–water partition coefficient (Wildman–Crippen LogP) is 2.11. The summed E-state index contributed by atoms with van der Waals surface area (Å²) < 4.78 is 1.82. The molecule has 0 spiro atoms. The molecule has 1 atom stereocenters. The van der Waals surface area contributed by atoms with Gasteiger partial charge in [-0.2, -0.15) is 0 Å². The van der Waals surface area contributed by atoms with Crippen molar-refractivity contribution in [1.82, 2.24) is 9.88 Å². The van der Waals surface area contributed by atoms with Crippen LogP contribution in [0.2, 0.25) is 0 Å². The number of hydrogen-bond acceptors (Lipinski definition) is 3. The Balaban J connectivity index is 2.21. The molecule has 1 heterocycles. The molecular formula is C16H21N3O2. The molecule has 4 N–H and O–H groups in total. The van der Waals surface area contributed by atoms with Crippen molar-refractivity contribution in [2.45, 2.75) is 25.9 Å². The van der Waals surface area contributed by atoms with Crippen LogP contribution in [0.5, 0.6) is 0 Å². The minimum atomic E-state index is -0.435. The standard InChI is InChI=1S/C16H21N3O2/c1-11(2)19-9-13(17)8-15(19)16(21)18-14(10-20)12-6-4-3-5-7-12/h3-9,11,14,20H,10,17H2,1-2H3,(H,18,21)/t14-/m0/s1. The van der Waals surface area contributed by atoms with E-state index in [9.17, 15) is 9.90 Å². The van der Waals surface area contributed by atoms with Crippen LogP contribution in [-0.2, 0) is 0 Å². The zero-order valence-corrected chi connectivity index (χ0v) is 12.3. The van der Waals surface area contributed by atoms with Gasteiger partial charge in [0.15, 0.2) is 0 Å². The number of nitrogens with two attached hydrogens (primary N) is 1. The highest BCUT2D eigenvalue weighted by molar-refractivity contribution is 5.94. The lowest BCUT2D eigenvalue weighted by atomic mass is 10.1. The van der Waals surface area contributed by atoms with E-state index in [1.165, 1.54) is 0 Å². The maximum Gasteiger partial charge on any atom is 0.268 e. The minimum absolute atomic E-state index is 0.132. The van der Waals surface area contributed by atoms with E-state index in [2.05, 4.69) is 5.32 Å². The average Bonchev–Trinajstić information content (AvgIpc) is 2.88. The van der Waals surface area contributed by atoms with Gasteiger partial charge in [0.05, 0.1) is 18.3 Å². The minimum Gasteiger partial charge on any atom is -0.397 e. The predicted molar refractivity (Wildman–Crippen MR) is 83.0 cm³/mol. The number of carbonyl (C=O) groups is 1. The van der Waals surface area contributed by atoms with Gasteiger partial charge in [0, 0.05) is 12.2 Å². The van der Waals surface area contributed by atoms with Crippen molar-refractivity contribution in [1.29, 1.82) is 0 Å². The largest absolute Gasteiger partial charge is 0.397 e. The van der Waals surface area contributed by atoms with Crippen LogP contribution in [-0.4, -0.2) is 22.2 Å². The van der Waals surface area contributed by atoms with E-state index in [1.807, 2.05) is 48.7 Å². The van der Waals surface area contributed by atoms with Crippen LogP contribution in [0.3, 0.4) is 0 Å². The van der Waals surface area contributed by atoms with E-state index >= 15 is 0 Å². The third kappa shape index (κ3) is 3.44. The van der Waals surface area contributed by atoms with Gasteiger partial charge in [-0.3, -0.25) is 4.79 Å². The number of aliphatic hydroxyl groups excluding tert-OH is 1. The Bertz CT molecular complexity index is 605. The van der Waals surface area contributed by atoms with Gasteiger partial charge in [-0.25, -0.2) is 0 Å². The Morgan fingerprint density at radius 2 is 2.00 bits per heavy atom. The highest BCUT2D eigenvalue weighted by atomic mass is 16.3. The van der Waals surface area contributed by atoms with Crippen molar-refractivity contribution in [2.24, 2.45) is 0 Å². The van der Waals surface area contributed by atoms with Crippen molar-refractivity contribution < 1.29 is 9.90 Å². The van der Waals surface area contributed by atoms with E-state index in [-0.39, 0.29) is 18.6 Å². The fraction of sp³-hybridized carbons (Fsp3) is 0.312. The van der Waals surface area contributed by atoms with E-state index < -0.39 is 6.04 Å². The van der Waals surface area contributed by atoms with Gasteiger partial charge in [-0.15, -0.1) is 0 Å². The Morgan fingerprint density at radius 1 is 1.33 bits per heavy atom. The molecule has 0 aliphatic rings. The number of aliphatic hydroxyl groups is 1. The first-order chi connectivity index (χ1) is 10.0. The van der Waals surface area contributed by atoms with Crippen molar-refractivity contribution in [2.75, 3.05) is 12.3 Å². The van der Waals surface area contributed by atoms with Crippen LogP contribution in [0.1, 0.15) is 42.0 Å². The number of anilines is 1. The zero-order valence-electron chi connectivity index (χ0n) is 12.3. The van der Waals surface area contributed by atoms with Gasteiger partial charge in [0.2, 0.25) is 0 Å². The average molecular weight is 287 g/mol. The molecule has 0 bridgehead atoms. The van der Waals surface area contributed by atoms with Crippen molar-refractivity contribution in [3.63, 3.8) is 0 Å². The maximum atomic E-state index is 12.4. The number of nitrogens with zero attached hydrogens (tertiary/aromatic N) is 1. The molecule has 1 aromatic carbocycles. The first-order valence-electron chi connectivity index (χ1n) is 6.97. The normalized spacial score (nSPS) is 12.4. The molecule has 2 aromatic rings. The topological polar surface area (TPSA) is 80.3 Å². The smallest absolute Gasteiger partial charge is 0.268 e. The molecule has 0 radical (unpaired) electrons. The number of carbonyl (C=O) groups excluding carboxylic acids is 1. The number of aromatic nitrogens is 1. The molecule has 0 fully saturated rings. The number of nitrogen functional groups attached to an aromatic ring is 1. The molecule has 1 amide bonds. The van der Waals surface area contributed by atoms with E-state index in [0.717, 1.165) is 5.56 Å². The van der Waals surface area contributed by atoms with Crippen molar-refractivity contribution in [3.8, 4) is 0 Å². The van der Waals surface area contributed by atoms with Gasteiger partial charge < -0.3 is 20.7 Å². The molecule has 0 aliphatic carbocycles. The first-order valence-corrected chi connectivity index (χ1v) is 6.97. The molecule has 21 heavy (non-hydrogen) atoms. The molecule has 2 rings (SSSR count). The highest BCUT2D eigenvalue weighted by Crippen LogP contribution is 2.18. The van der Waals surface area contributed by atoms with Crippen LogP contribution in [0.4, 0.5) is 5.69 Å². The number of hydrogen-bond donors (Lipinski definition) is 3. The summed E-state index contributed by atoms with van der Waals surface area (Å²) in [6, 6.07) is 10.7. The molecule has 112 valence electrons. The molecule has 5 nitrogen and oxygen atoms in total. The molecule has 0 saturated heterocycles. The van der Waals surface area contributed by atoms with E-state index in [4.69, 9.17) is 5.73 Å². The molecule has 0 unspecified atom stereocenters. The third-order valence-corrected chi connectivity index (χ3v) is 3.35. The summed E-state index contributed by atoms with van der Waals surface area (Å²) in [5, 5.41) is 12.4. The maximum absolute atomic E-state index is 12.4. The van der Waals surface area contributed by atoms with Crippen LogP contribution in [0.15, 0.2) is 42.6 Å². The Hall–Kier alpha value is -2.27. The van der Waals surface area contributed by atoms with Gasteiger partial charge in [-0.05, 0) is 25.5 Å². The summed E-state index contributed by atoms with van der Waals surface area (Å²) in [6.07, 6.45) is 1.75. The van der Waals surface area contributed by atoms with Crippen LogP contribution in [0.25, 0.3) is 0 Å². The first kappa shape index (κ1) is 15.1. The van der Waals surface area contributed by atoms with Gasteiger partial charge in [0.25, 0.3) is 5.91 Å². The summed E-state index contributed by atoms with van der Waals surface area (Å²) in [5.41, 5.74) is 7.69. The SMILES string of the molecule is CC(C)n1cc(N)cc1C(=O)N[C@@H](CO)c1ccccc1. The summed E-state index contributed by atoms with van der Waals surface area (Å²) >= 11 is 0. The van der Waals surface area contributed by atoms with E-state index in [1.54, 1.807) is 12.3 Å². The quantitative estimate of drug-likeness (QED) is 0.788. The molecule has 1 aromatic heterocycles. The Labute approximate surface area is 124 Å². The van der Waals surface area contributed by atoms with Crippen molar-refractivity contribution >= 4 is 11.6 Å². The summed E-state index contributed by atoms with van der Waals surface area (Å²) in [6.45, 7) is 3.81. The zero-order chi connectivity index (χ0) is 15.4. The number of amides is 1. The number of nitrogens with one attached hydrogen (secondary N) is 1. The summed E-state index contributed by atoms with van der Waals surface area (Å²) in [7, 11) is 0. The highest BCUT2D eigenvalue weighted by Gasteiger charge is 2.19. The number of rotatable bonds is 5. The van der Waals surface area contributed by atoms with Gasteiger partial charge in [0.1, 0.15) is 5.69 Å². The second-order valence-corrected chi connectivity index (χ2v) is 5.28. The van der Waals surface area contributed by atoms with Gasteiger partial charge >= 0.3 is 0 Å². The lowest BCUT2D eigenvalue weighted by molar-refractivity contribution is 0.0905. The van der Waals surface area contributed by atoms with Gasteiger partial charge in [-0.1, -0.05) is 30.3 Å². The monoisotopic (exact) mass is 287 g/mol. The Kier molecular flexibility index (Phi) is 4.65. The Morgan fingerprint density at radius 3 is 2.57 bits per heavy atom. The van der Waals surface area contributed by atoms with Crippen LogP contribution in [0, 0.1) is 0 Å². The molecule has 0 saturated carbocycles. The van der Waals surface area contributed by atoms with E-state index in [0.29, 0.717) is 11.4 Å². The molecule has 5 heteroatoms. The molecule has 0 aliphatic heterocycles. The van der Waals surface area contributed by atoms with Crippen LogP contribution >= 0.6 is 0 Å². The fourth-order valence-corrected chi connectivity index (χ4v) is 2.26. The number of benzene rings is 1. The lowest BCUT2D eigenvalue weighted by Gasteiger charge is -2.18. The second kappa shape index (κ2) is 6.45. The third-order valence-electron chi connectivity index (χ3n) is 3.35. The second-order valence-electron chi connectivity index (χ2n) is 5.28. The summed E-state index contributed by atoms with van der Waals surface area (Å²) in [4.78, 5) is 12.4. The lowest BCUT2D eigenvalue weighted by Crippen LogP contribution is -2.32. The fourth-order valence-electron chi connectivity index (χ4n) is 2.26. The van der Waals surface area contributed by atoms with Crippen molar-refractivity contribution in [3.05, 3.63) is 53.9 Å². The summed E-state index contributed by atoms with van der Waals surface area (Å²) in [5.74, 6) is -0.247.